The van der Waals surface area contributed by atoms with Gasteiger partial charge in [-0.3, -0.25) is 4.79 Å². The van der Waals surface area contributed by atoms with Crippen LogP contribution in [0.1, 0.15) is 328 Å². The van der Waals surface area contributed by atoms with E-state index >= 15 is 0 Å². The molecule has 0 radical (unpaired) electrons. The maximum atomic E-state index is 12.5. The molecule has 0 heterocycles. The highest BCUT2D eigenvalue weighted by atomic mass is 16.3. The van der Waals surface area contributed by atoms with Crippen LogP contribution >= 0.6 is 0 Å². The van der Waals surface area contributed by atoms with Gasteiger partial charge < -0.3 is 15.5 Å². The average Bonchev–Trinajstić information content (AvgIpc) is 3.29. The highest BCUT2D eigenvalue weighted by Crippen LogP contribution is 2.17. The molecule has 2 unspecified atom stereocenters. The van der Waals surface area contributed by atoms with Crippen LogP contribution in [-0.4, -0.2) is 34.9 Å². The summed E-state index contributed by atoms with van der Waals surface area (Å²) in [6, 6.07) is -0.621. The molecule has 0 saturated heterocycles. The van der Waals surface area contributed by atoms with Crippen molar-refractivity contribution in [2.75, 3.05) is 6.61 Å². The Morgan fingerprint density at radius 1 is 0.365 bits per heavy atom. The van der Waals surface area contributed by atoms with Crippen molar-refractivity contribution >= 4 is 5.91 Å². The van der Waals surface area contributed by atoms with Gasteiger partial charge in [-0.2, -0.15) is 0 Å². The first-order valence-electron chi connectivity index (χ1n) is 29.1. The number of amides is 1. The molecule has 4 heteroatoms. The monoisotopic (exact) mass is 886 g/mol. The topological polar surface area (TPSA) is 69.6 Å². The Labute approximate surface area is 396 Å². The van der Waals surface area contributed by atoms with Gasteiger partial charge in [0.25, 0.3) is 0 Å². The van der Waals surface area contributed by atoms with Crippen molar-refractivity contribution in [3.63, 3.8) is 0 Å². The SMILES string of the molecule is CCCCCCCCCCCCCC/C=C\CCCCCCCCCCCCCCC(=O)NC(CO)C(O)/C=C/CCCCCCCCCCCCCCCCCCCCCCC. The summed E-state index contributed by atoms with van der Waals surface area (Å²) in [5.74, 6) is -0.0586. The first-order valence-corrected chi connectivity index (χ1v) is 29.1. The minimum Gasteiger partial charge on any atom is -0.394 e. The first-order chi connectivity index (χ1) is 31.2. The number of nitrogens with one attached hydrogen (secondary N) is 1. The Bertz CT molecular complexity index is 916. The molecular weight excluding hydrogens is 771 g/mol. The number of hydrogen-bond donors (Lipinski definition) is 3. The fraction of sp³-hybridized carbons (Fsp3) is 0.915. The van der Waals surface area contributed by atoms with Crippen molar-refractivity contribution in [1.82, 2.24) is 5.32 Å². The number of allylic oxidation sites excluding steroid dienone is 3. The van der Waals surface area contributed by atoms with Crippen LogP contribution in [0.25, 0.3) is 0 Å². The molecular formula is C59H115NO3. The van der Waals surface area contributed by atoms with Crippen LogP contribution in [0.4, 0.5) is 0 Å². The molecule has 2 atom stereocenters. The Kier molecular flexibility index (Phi) is 54.2. The molecule has 0 aliphatic heterocycles. The number of aliphatic hydroxyl groups is 2. The Hall–Kier alpha value is -1.13. The van der Waals surface area contributed by atoms with Crippen LogP contribution in [0.15, 0.2) is 24.3 Å². The Morgan fingerprint density at radius 3 is 0.873 bits per heavy atom. The molecule has 0 aromatic heterocycles. The molecule has 63 heavy (non-hydrogen) atoms. The van der Waals surface area contributed by atoms with Gasteiger partial charge in [0.2, 0.25) is 5.91 Å². The number of carbonyl (C=O) groups excluding carboxylic acids is 1. The molecule has 0 rings (SSSR count). The van der Waals surface area contributed by atoms with Gasteiger partial charge in [0.15, 0.2) is 0 Å². The highest BCUT2D eigenvalue weighted by Gasteiger charge is 2.18. The molecule has 0 aromatic carbocycles. The van der Waals surface area contributed by atoms with Crippen LogP contribution in [0.5, 0.6) is 0 Å². The Morgan fingerprint density at radius 2 is 0.603 bits per heavy atom. The zero-order valence-electron chi connectivity index (χ0n) is 43.1. The third kappa shape index (κ3) is 51.7. The van der Waals surface area contributed by atoms with Crippen LogP contribution in [0.2, 0.25) is 0 Å². The molecule has 1 amide bonds. The molecule has 4 nitrogen and oxygen atoms in total. The van der Waals surface area contributed by atoms with E-state index in [9.17, 15) is 15.0 Å². The number of unbranched alkanes of at least 4 members (excludes halogenated alkanes) is 45. The van der Waals surface area contributed by atoms with Crippen molar-refractivity contribution < 1.29 is 15.0 Å². The van der Waals surface area contributed by atoms with Gasteiger partial charge in [-0.15, -0.1) is 0 Å². The maximum Gasteiger partial charge on any atom is 0.220 e. The van der Waals surface area contributed by atoms with E-state index in [2.05, 4.69) is 31.3 Å². The average molecular weight is 887 g/mol. The summed E-state index contributed by atoms with van der Waals surface area (Å²) in [6.07, 6.45) is 73.5. The van der Waals surface area contributed by atoms with E-state index in [1.54, 1.807) is 6.08 Å². The highest BCUT2D eigenvalue weighted by molar-refractivity contribution is 5.76. The summed E-state index contributed by atoms with van der Waals surface area (Å²) >= 11 is 0. The second kappa shape index (κ2) is 55.2. The third-order valence-electron chi connectivity index (χ3n) is 13.7. The van der Waals surface area contributed by atoms with E-state index < -0.39 is 12.1 Å². The predicted molar refractivity (Wildman–Crippen MR) is 281 cm³/mol. The molecule has 0 saturated carbocycles. The van der Waals surface area contributed by atoms with Gasteiger partial charge in [0.05, 0.1) is 18.8 Å². The van der Waals surface area contributed by atoms with E-state index in [0.717, 1.165) is 25.7 Å². The summed E-state index contributed by atoms with van der Waals surface area (Å²) in [5, 5.41) is 23.2. The summed E-state index contributed by atoms with van der Waals surface area (Å²) in [7, 11) is 0. The zero-order chi connectivity index (χ0) is 45.6. The van der Waals surface area contributed by atoms with Gasteiger partial charge in [0.1, 0.15) is 0 Å². The minimum atomic E-state index is -0.838. The molecule has 0 bridgehead atoms. The van der Waals surface area contributed by atoms with Gasteiger partial charge in [-0.1, -0.05) is 301 Å². The smallest absolute Gasteiger partial charge is 0.220 e. The molecule has 0 fully saturated rings. The largest absolute Gasteiger partial charge is 0.394 e. The predicted octanol–water partition coefficient (Wildman–Crippen LogP) is 19.1. The van der Waals surface area contributed by atoms with Crippen molar-refractivity contribution in [2.45, 2.75) is 341 Å². The fourth-order valence-corrected chi connectivity index (χ4v) is 9.24. The van der Waals surface area contributed by atoms with E-state index in [4.69, 9.17) is 0 Å². The van der Waals surface area contributed by atoms with Crippen LogP contribution in [-0.2, 0) is 4.79 Å². The lowest BCUT2D eigenvalue weighted by Gasteiger charge is -2.20. The number of rotatable bonds is 54. The summed E-state index contributed by atoms with van der Waals surface area (Å²) in [6.45, 7) is 4.35. The van der Waals surface area contributed by atoms with Gasteiger partial charge >= 0.3 is 0 Å². The summed E-state index contributed by atoms with van der Waals surface area (Å²) < 4.78 is 0. The molecule has 0 spiro atoms. The lowest BCUT2D eigenvalue weighted by molar-refractivity contribution is -0.123. The molecule has 3 N–H and O–H groups in total. The van der Waals surface area contributed by atoms with E-state index in [-0.39, 0.29) is 12.5 Å². The second-order valence-electron chi connectivity index (χ2n) is 20.1. The van der Waals surface area contributed by atoms with Crippen molar-refractivity contribution in [1.29, 1.82) is 0 Å². The summed E-state index contributed by atoms with van der Waals surface area (Å²) in [4.78, 5) is 12.5. The standard InChI is InChI=1S/C59H115NO3/c1-3-5-7-9-11-13-15-17-19-21-23-25-27-28-29-30-31-33-35-37-39-41-43-45-47-49-51-53-55-59(63)60-57(56-61)58(62)54-52-50-48-46-44-42-40-38-36-34-32-26-24-22-20-18-16-14-12-10-8-6-4-2/h28-29,52,54,57-58,61-62H,3-27,30-51,53,55-56H2,1-2H3,(H,60,63)/b29-28-,54-52+. The third-order valence-corrected chi connectivity index (χ3v) is 13.7. The van der Waals surface area contributed by atoms with Gasteiger partial charge in [0, 0.05) is 6.42 Å². The fourth-order valence-electron chi connectivity index (χ4n) is 9.24. The number of aliphatic hydroxyl groups excluding tert-OH is 2. The number of carbonyl (C=O) groups is 1. The van der Waals surface area contributed by atoms with Crippen molar-refractivity contribution in [3.8, 4) is 0 Å². The Balaban J connectivity index is 3.46. The van der Waals surface area contributed by atoms with E-state index in [0.29, 0.717) is 6.42 Å². The van der Waals surface area contributed by atoms with Crippen LogP contribution < -0.4 is 5.32 Å². The van der Waals surface area contributed by atoms with Gasteiger partial charge in [-0.25, -0.2) is 0 Å². The quantitative estimate of drug-likeness (QED) is 0.0421. The minimum absolute atomic E-state index is 0.0586. The zero-order valence-corrected chi connectivity index (χ0v) is 43.1. The van der Waals surface area contributed by atoms with Crippen LogP contribution in [0.3, 0.4) is 0 Å². The van der Waals surface area contributed by atoms with E-state index in [1.165, 1.54) is 283 Å². The van der Waals surface area contributed by atoms with Crippen molar-refractivity contribution in [3.05, 3.63) is 24.3 Å². The van der Waals surface area contributed by atoms with Crippen LogP contribution in [0, 0.1) is 0 Å². The lowest BCUT2D eigenvalue weighted by Crippen LogP contribution is -2.45. The van der Waals surface area contributed by atoms with Crippen molar-refractivity contribution in [2.24, 2.45) is 0 Å². The lowest BCUT2D eigenvalue weighted by atomic mass is 10.0. The first kappa shape index (κ1) is 61.9. The van der Waals surface area contributed by atoms with Gasteiger partial charge in [-0.05, 0) is 44.9 Å². The second-order valence-corrected chi connectivity index (χ2v) is 20.1. The molecule has 0 aliphatic rings. The molecule has 374 valence electrons. The normalized spacial score (nSPS) is 12.9. The number of hydrogen-bond acceptors (Lipinski definition) is 3. The molecule has 0 aromatic rings. The molecule has 0 aliphatic carbocycles. The maximum absolute atomic E-state index is 12.5. The summed E-state index contributed by atoms with van der Waals surface area (Å²) in [5.41, 5.74) is 0. The van der Waals surface area contributed by atoms with E-state index in [1.807, 2.05) is 6.08 Å².